The van der Waals surface area contributed by atoms with Gasteiger partial charge in [-0.3, -0.25) is 9.69 Å². The number of aliphatic carboxylic acids is 1. The number of carboxylic acid groups (broad SMARTS) is 1. The van der Waals surface area contributed by atoms with E-state index in [0.29, 0.717) is 24.9 Å². The number of hydrogen-bond acceptors (Lipinski definition) is 4. The average molecular weight is 269 g/mol. The van der Waals surface area contributed by atoms with Crippen LogP contribution in [0.4, 0.5) is 0 Å². The normalized spacial score (nSPS) is 38.3. The molecular weight excluding hydrogens is 242 g/mol. The first-order chi connectivity index (χ1) is 8.96. The Morgan fingerprint density at radius 3 is 2.79 bits per heavy atom. The third kappa shape index (κ3) is 3.09. The second-order valence-corrected chi connectivity index (χ2v) is 6.27. The molecule has 0 aromatic carbocycles. The van der Waals surface area contributed by atoms with E-state index in [0.717, 1.165) is 38.9 Å². The Balaban J connectivity index is 2.06. The van der Waals surface area contributed by atoms with Crippen LogP contribution in [0.2, 0.25) is 0 Å². The van der Waals surface area contributed by atoms with Gasteiger partial charge in [0.2, 0.25) is 0 Å². The van der Waals surface area contributed by atoms with E-state index < -0.39 is 11.5 Å². The Labute approximate surface area is 115 Å². The van der Waals surface area contributed by atoms with Crippen molar-refractivity contribution in [1.29, 1.82) is 0 Å². The summed E-state index contributed by atoms with van der Waals surface area (Å²) < 4.78 is 0. The SMILES string of the molecule is CCC1CN(C)CCCN1C1CCC(N)(C(=O)O)C1. The number of nitrogens with two attached hydrogens (primary N) is 1. The van der Waals surface area contributed by atoms with Crippen LogP contribution < -0.4 is 5.73 Å². The lowest BCUT2D eigenvalue weighted by atomic mass is 9.98. The minimum absolute atomic E-state index is 0.345. The lowest BCUT2D eigenvalue weighted by Crippen LogP contribution is -2.49. The molecule has 2 rings (SSSR count). The van der Waals surface area contributed by atoms with Gasteiger partial charge in [0.05, 0.1) is 0 Å². The van der Waals surface area contributed by atoms with Crippen molar-refractivity contribution in [2.75, 3.05) is 26.7 Å². The maximum atomic E-state index is 11.3. The van der Waals surface area contributed by atoms with Crippen molar-refractivity contribution in [3.05, 3.63) is 0 Å². The van der Waals surface area contributed by atoms with Crippen LogP contribution >= 0.6 is 0 Å². The van der Waals surface area contributed by atoms with Crippen LogP contribution in [0.3, 0.4) is 0 Å². The Morgan fingerprint density at radius 1 is 1.47 bits per heavy atom. The summed E-state index contributed by atoms with van der Waals surface area (Å²) in [6, 6.07) is 0.881. The van der Waals surface area contributed by atoms with Crippen LogP contribution in [0.15, 0.2) is 0 Å². The highest BCUT2D eigenvalue weighted by molar-refractivity contribution is 5.79. The first-order valence-electron chi connectivity index (χ1n) is 7.43. The molecule has 0 amide bonds. The van der Waals surface area contributed by atoms with Gasteiger partial charge in [-0.05, 0) is 52.2 Å². The lowest BCUT2D eigenvalue weighted by Gasteiger charge is -2.35. The van der Waals surface area contributed by atoms with Gasteiger partial charge in [-0.15, -0.1) is 0 Å². The quantitative estimate of drug-likeness (QED) is 0.791. The van der Waals surface area contributed by atoms with Crippen LogP contribution in [-0.2, 0) is 4.79 Å². The van der Waals surface area contributed by atoms with E-state index in [1.807, 2.05) is 0 Å². The first-order valence-corrected chi connectivity index (χ1v) is 7.43. The first kappa shape index (κ1) is 14.8. The van der Waals surface area contributed by atoms with Crippen LogP contribution in [0.25, 0.3) is 0 Å². The van der Waals surface area contributed by atoms with Crippen LogP contribution in [0.1, 0.15) is 39.0 Å². The zero-order chi connectivity index (χ0) is 14.0. The summed E-state index contributed by atoms with van der Waals surface area (Å²) in [7, 11) is 2.17. The number of likely N-dealkylation sites (N-methyl/N-ethyl adjacent to an activating group) is 1. The molecule has 0 aromatic rings. The van der Waals surface area contributed by atoms with Crippen molar-refractivity contribution < 1.29 is 9.90 Å². The Hall–Kier alpha value is -0.650. The predicted octanol–water partition coefficient (Wildman–Crippen LogP) is 0.737. The number of carboxylic acids is 1. The molecule has 5 nitrogen and oxygen atoms in total. The fourth-order valence-electron chi connectivity index (χ4n) is 3.63. The molecule has 5 heteroatoms. The molecule has 3 atom stereocenters. The van der Waals surface area contributed by atoms with Gasteiger partial charge in [-0.25, -0.2) is 0 Å². The van der Waals surface area contributed by atoms with Gasteiger partial charge in [-0.1, -0.05) is 6.92 Å². The summed E-state index contributed by atoms with van der Waals surface area (Å²) in [5, 5.41) is 9.26. The van der Waals surface area contributed by atoms with Gasteiger partial charge in [0.1, 0.15) is 5.54 Å². The maximum Gasteiger partial charge on any atom is 0.323 e. The van der Waals surface area contributed by atoms with E-state index in [1.54, 1.807) is 0 Å². The summed E-state index contributed by atoms with van der Waals surface area (Å²) in [4.78, 5) is 16.2. The van der Waals surface area contributed by atoms with Crippen molar-refractivity contribution >= 4 is 5.97 Å². The second kappa shape index (κ2) is 5.77. The number of carbonyl (C=O) groups is 1. The van der Waals surface area contributed by atoms with Gasteiger partial charge in [0.15, 0.2) is 0 Å². The van der Waals surface area contributed by atoms with Gasteiger partial charge in [-0.2, -0.15) is 0 Å². The molecule has 1 saturated carbocycles. The van der Waals surface area contributed by atoms with Crippen LogP contribution in [0, 0.1) is 0 Å². The maximum absolute atomic E-state index is 11.3. The average Bonchev–Trinajstić information content (AvgIpc) is 2.66. The molecule has 19 heavy (non-hydrogen) atoms. The van der Waals surface area contributed by atoms with Crippen molar-refractivity contribution in [2.45, 2.75) is 56.7 Å². The molecular formula is C14H27N3O2. The van der Waals surface area contributed by atoms with Crippen LogP contribution in [-0.4, -0.2) is 65.2 Å². The third-order valence-electron chi connectivity index (χ3n) is 4.84. The predicted molar refractivity (Wildman–Crippen MR) is 75.1 cm³/mol. The summed E-state index contributed by atoms with van der Waals surface area (Å²) in [5.74, 6) is -0.838. The monoisotopic (exact) mass is 269 g/mol. The topological polar surface area (TPSA) is 69.8 Å². The third-order valence-corrected chi connectivity index (χ3v) is 4.84. The standard InChI is InChI=1S/C14H27N3O2/c1-3-11-10-16(2)7-4-8-17(11)12-5-6-14(15,9-12)13(18)19/h11-12H,3-10,15H2,1-2H3,(H,18,19). The van der Waals surface area contributed by atoms with Crippen molar-refractivity contribution in [3.8, 4) is 0 Å². The molecule has 1 saturated heterocycles. The molecule has 0 aromatic heterocycles. The molecule has 3 N–H and O–H groups in total. The Kier molecular flexibility index (Phi) is 4.48. The molecule has 1 heterocycles. The highest BCUT2D eigenvalue weighted by Gasteiger charge is 2.45. The summed E-state index contributed by atoms with van der Waals surface area (Å²) in [5.41, 5.74) is 5.02. The number of rotatable bonds is 3. The Bertz CT molecular complexity index is 337. The minimum atomic E-state index is -0.999. The molecule has 0 spiro atoms. The van der Waals surface area contributed by atoms with E-state index in [9.17, 15) is 9.90 Å². The van der Waals surface area contributed by atoms with Gasteiger partial charge >= 0.3 is 5.97 Å². The molecule has 1 aliphatic heterocycles. The lowest BCUT2D eigenvalue weighted by molar-refractivity contribution is -0.143. The van der Waals surface area contributed by atoms with Gasteiger partial charge < -0.3 is 15.7 Å². The largest absolute Gasteiger partial charge is 0.480 e. The molecule has 2 aliphatic rings. The molecule has 110 valence electrons. The fourth-order valence-corrected chi connectivity index (χ4v) is 3.63. The minimum Gasteiger partial charge on any atom is -0.480 e. The molecule has 2 fully saturated rings. The Morgan fingerprint density at radius 2 is 2.21 bits per heavy atom. The van der Waals surface area contributed by atoms with E-state index in [4.69, 9.17) is 5.73 Å². The highest BCUT2D eigenvalue weighted by Crippen LogP contribution is 2.33. The molecule has 0 bridgehead atoms. The van der Waals surface area contributed by atoms with E-state index in [-0.39, 0.29) is 0 Å². The molecule has 3 unspecified atom stereocenters. The smallest absolute Gasteiger partial charge is 0.323 e. The highest BCUT2D eigenvalue weighted by atomic mass is 16.4. The van der Waals surface area contributed by atoms with Gasteiger partial charge in [0.25, 0.3) is 0 Å². The second-order valence-electron chi connectivity index (χ2n) is 6.27. The van der Waals surface area contributed by atoms with E-state index in [2.05, 4.69) is 23.8 Å². The summed E-state index contributed by atoms with van der Waals surface area (Å²) in [6.45, 7) is 5.51. The van der Waals surface area contributed by atoms with Crippen molar-refractivity contribution in [1.82, 2.24) is 9.80 Å². The zero-order valence-electron chi connectivity index (χ0n) is 12.1. The summed E-state index contributed by atoms with van der Waals surface area (Å²) in [6.07, 6.45) is 4.40. The fraction of sp³-hybridized carbons (Fsp3) is 0.929. The number of hydrogen-bond donors (Lipinski definition) is 2. The molecule has 0 radical (unpaired) electrons. The number of nitrogens with zero attached hydrogens (tertiary/aromatic N) is 2. The summed E-state index contributed by atoms with van der Waals surface area (Å²) >= 11 is 0. The zero-order valence-corrected chi connectivity index (χ0v) is 12.1. The van der Waals surface area contributed by atoms with Crippen molar-refractivity contribution in [2.24, 2.45) is 5.73 Å². The molecule has 1 aliphatic carbocycles. The van der Waals surface area contributed by atoms with E-state index >= 15 is 0 Å². The van der Waals surface area contributed by atoms with Gasteiger partial charge in [0, 0.05) is 18.6 Å². The van der Waals surface area contributed by atoms with E-state index in [1.165, 1.54) is 0 Å². The van der Waals surface area contributed by atoms with Crippen molar-refractivity contribution in [3.63, 3.8) is 0 Å². The van der Waals surface area contributed by atoms with Crippen LogP contribution in [0.5, 0.6) is 0 Å².